The van der Waals surface area contributed by atoms with Gasteiger partial charge < -0.3 is 9.47 Å². The summed E-state index contributed by atoms with van der Waals surface area (Å²) >= 11 is 0. The zero-order valence-electron chi connectivity index (χ0n) is 18.1. The third kappa shape index (κ3) is 4.79. The lowest BCUT2D eigenvalue weighted by Gasteiger charge is -2.25. The van der Waals surface area contributed by atoms with E-state index in [2.05, 4.69) is 17.9 Å². The highest BCUT2D eigenvalue weighted by Crippen LogP contribution is 2.43. The van der Waals surface area contributed by atoms with Crippen molar-refractivity contribution in [3.05, 3.63) is 94.3 Å². The first-order valence-corrected chi connectivity index (χ1v) is 10.3. The predicted octanol–water partition coefficient (Wildman–Crippen LogP) is 7.82. The SMILES string of the molecule is C=C(CC)/C(F)=C1/Oc2c(cc(OC(F)(F)c3ccc(CCC)cc3F)c(F)c2F)CC1=C. The van der Waals surface area contributed by atoms with Crippen LogP contribution in [0, 0.1) is 17.5 Å². The van der Waals surface area contributed by atoms with Gasteiger partial charge in [0.2, 0.25) is 11.6 Å². The molecule has 1 aliphatic heterocycles. The fourth-order valence-corrected chi connectivity index (χ4v) is 3.38. The molecule has 0 radical (unpaired) electrons. The molecule has 1 heterocycles. The number of hydrogen-bond donors (Lipinski definition) is 0. The lowest BCUT2D eigenvalue weighted by molar-refractivity contribution is -0.189. The molecule has 0 bridgehead atoms. The molecule has 0 atom stereocenters. The minimum absolute atomic E-state index is 0.0713. The van der Waals surface area contributed by atoms with Gasteiger partial charge in [0.1, 0.15) is 5.82 Å². The highest BCUT2D eigenvalue weighted by molar-refractivity contribution is 5.52. The van der Waals surface area contributed by atoms with Crippen LogP contribution in [0.4, 0.5) is 26.3 Å². The van der Waals surface area contributed by atoms with Gasteiger partial charge in [-0.15, -0.1) is 0 Å². The molecule has 2 aromatic carbocycles. The molecule has 176 valence electrons. The predicted molar refractivity (Wildman–Crippen MR) is 112 cm³/mol. The van der Waals surface area contributed by atoms with E-state index in [9.17, 15) is 26.3 Å². The number of halogens is 6. The van der Waals surface area contributed by atoms with E-state index < -0.39 is 52.2 Å². The first-order chi connectivity index (χ1) is 15.5. The quantitative estimate of drug-likeness (QED) is 0.386. The highest BCUT2D eigenvalue weighted by Gasteiger charge is 2.40. The van der Waals surface area contributed by atoms with Gasteiger partial charge in [0.15, 0.2) is 23.1 Å². The zero-order valence-corrected chi connectivity index (χ0v) is 18.1. The van der Waals surface area contributed by atoms with Crippen molar-refractivity contribution >= 4 is 0 Å². The Morgan fingerprint density at radius 1 is 1.12 bits per heavy atom. The second-order valence-electron chi connectivity index (χ2n) is 7.66. The molecule has 0 aromatic heterocycles. The van der Waals surface area contributed by atoms with E-state index in [-0.39, 0.29) is 29.6 Å². The van der Waals surface area contributed by atoms with Crippen molar-refractivity contribution < 1.29 is 35.8 Å². The van der Waals surface area contributed by atoms with Crippen molar-refractivity contribution in [1.82, 2.24) is 0 Å². The van der Waals surface area contributed by atoms with Crippen LogP contribution in [0.5, 0.6) is 11.5 Å². The molecule has 2 nitrogen and oxygen atoms in total. The van der Waals surface area contributed by atoms with Crippen LogP contribution in [-0.4, -0.2) is 0 Å². The first kappa shape index (κ1) is 24.5. The van der Waals surface area contributed by atoms with Crippen molar-refractivity contribution in [3.63, 3.8) is 0 Å². The Labute approximate surface area is 187 Å². The summed E-state index contributed by atoms with van der Waals surface area (Å²) in [6.45, 7) is 10.7. The van der Waals surface area contributed by atoms with Crippen LogP contribution in [0.3, 0.4) is 0 Å². The summed E-state index contributed by atoms with van der Waals surface area (Å²) in [5, 5.41) is 0. The number of hydrogen-bond acceptors (Lipinski definition) is 2. The molecule has 0 amide bonds. The molecule has 0 aliphatic carbocycles. The van der Waals surface area contributed by atoms with Gasteiger partial charge >= 0.3 is 6.11 Å². The summed E-state index contributed by atoms with van der Waals surface area (Å²) in [5.41, 5.74) is -0.538. The van der Waals surface area contributed by atoms with Crippen LogP contribution < -0.4 is 9.47 Å². The highest BCUT2D eigenvalue weighted by atomic mass is 19.3. The molecule has 33 heavy (non-hydrogen) atoms. The maximum atomic E-state index is 14.7. The van der Waals surface area contributed by atoms with Crippen LogP contribution in [0.15, 0.2) is 60.2 Å². The summed E-state index contributed by atoms with van der Waals surface area (Å²) in [5.74, 6) is -7.73. The van der Waals surface area contributed by atoms with Gasteiger partial charge in [0.25, 0.3) is 0 Å². The average Bonchev–Trinajstić information content (AvgIpc) is 2.76. The fourth-order valence-electron chi connectivity index (χ4n) is 3.38. The largest absolute Gasteiger partial charge is 0.450 e. The zero-order chi connectivity index (χ0) is 24.5. The smallest absolute Gasteiger partial charge is 0.429 e. The molecule has 8 heteroatoms. The molecule has 0 spiro atoms. The van der Waals surface area contributed by atoms with E-state index in [0.717, 1.165) is 18.2 Å². The lowest BCUT2D eigenvalue weighted by Crippen LogP contribution is -2.25. The third-order valence-corrected chi connectivity index (χ3v) is 5.19. The van der Waals surface area contributed by atoms with E-state index in [1.165, 1.54) is 6.07 Å². The molecule has 0 unspecified atom stereocenters. The summed E-state index contributed by atoms with van der Waals surface area (Å²) in [6.07, 6.45) is -3.09. The number of rotatable bonds is 7. The fraction of sp³-hybridized carbons (Fsp3) is 0.280. The Morgan fingerprint density at radius 3 is 2.42 bits per heavy atom. The summed E-state index contributed by atoms with van der Waals surface area (Å²) in [6, 6.07) is 3.91. The normalized spacial score (nSPS) is 15.1. The van der Waals surface area contributed by atoms with Crippen molar-refractivity contribution in [1.29, 1.82) is 0 Å². The number of ether oxygens (including phenoxy) is 2. The van der Waals surface area contributed by atoms with Gasteiger partial charge in [-0.3, -0.25) is 0 Å². The standard InChI is InChI=1S/C25H22F6O2/c1-5-7-15-8-9-17(18(26)11-15)25(30,31)33-19-12-16-10-14(4)23(20(27)13(3)6-2)32-24(16)22(29)21(19)28/h8-9,11-12H,3-7,10H2,1-2H3/b23-20-. The molecular formula is C25H22F6O2. The Balaban J connectivity index is 1.98. The van der Waals surface area contributed by atoms with Crippen molar-refractivity contribution in [3.8, 4) is 11.5 Å². The number of allylic oxidation sites excluding steroid dienone is 3. The minimum Gasteiger partial charge on any atom is -0.450 e. The second-order valence-corrected chi connectivity index (χ2v) is 7.66. The molecule has 0 N–H and O–H groups in total. The monoisotopic (exact) mass is 468 g/mol. The van der Waals surface area contributed by atoms with Crippen LogP contribution in [-0.2, 0) is 19.0 Å². The average molecular weight is 468 g/mol. The molecule has 0 fully saturated rings. The molecule has 0 saturated carbocycles. The third-order valence-electron chi connectivity index (χ3n) is 5.19. The summed E-state index contributed by atoms with van der Waals surface area (Å²) < 4.78 is 97.0. The number of aryl methyl sites for hydroxylation is 1. The van der Waals surface area contributed by atoms with Crippen molar-refractivity contribution in [2.75, 3.05) is 0 Å². The van der Waals surface area contributed by atoms with E-state index in [1.807, 2.05) is 6.92 Å². The second kappa shape index (κ2) is 9.37. The van der Waals surface area contributed by atoms with Crippen LogP contribution in [0.1, 0.15) is 43.4 Å². The van der Waals surface area contributed by atoms with Gasteiger partial charge in [0, 0.05) is 12.0 Å². The van der Waals surface area contributed by atoms with Crippen LogP contribution >= 0.6 is 0 Å². The van der Waals surface area contributed by atoms with Gasteiger partial charge in [0.05, 0.1) is 5.56 Å². The van der Waals surface area contributed by atoms with E-state index in [1.54, 1.807) is 6.92 Å². The van der Waals surface area contributed by atoms with Gasteiger partial charge in [-0.25, -0.2) is 8.78 Å². The summed E-state index contributed by atoms with van der Waals surface area (Å²) in [4.78, 5) is 0. The van der Waals surface area contributed by atoms with Crippen molar-refractivity contribution in [2.45, 2.75) is 45.6 Å². The van der Waals surface area contributed by atoms with Crippen LogP contribution in [0.2, 0.25) is 0 Å². The number of alkyl halides is 2. The topological polar surface area (TPSA) is 18.5 Å². The Morgan fingerprint density at radius 2 is 1.82 bits per heavy atom. The molecule has 3 rings (SSSR count). The van der Waals surface area contributed by atoms with E-state index in [4.69, 9.17) is 4.74 Å². The maximum absolute atomic E-state index is 14.7. The molecule has 2 aromatic rings. The molecular weight excluding hydrogens is 446 g/mol. The molecule has 0 saturated heterocycles. The van der Waals surface area contributed by atoms with Gasteiger partial charge in [-0.05, 0) is 47.8 Å². The minimum atomic E-state index is -4.29. The lowest BCUT2D eigenvalue weighted by atomic mass is 9.98. The first-order valence-electron chi connectivity index (χ1n) is 10.3. The Hall–Kier alpha value is -3.16. The van der Waals surface area contributed by atoms with Gasteiger partial charge in [-0.2, -0.15) is 17.6 Å². The number of benzene rings is 2. The van der Waals surface area contributed by atoms with Crippen LogP contribution in [0.25, 0.3) is 0 Å². The molecule has 1 aliphatic rings. The number of fused-ring (bicyclic) bond motifs is 1. The Kier molecular flexibility index (Phi) is 6.95. The van der Waals surface area contributed by atoms with Crippen molar-refractivity contribution in [2.24, 2.45) is 0 Å². The van der Waals surface area contributed by atoms with E-state index in [0.29, 0.717) is 18.4 Å². The van der Waals surface area contributed by atoms with E-state index >= 15 is 0 Å². The maximum Gasteiger partial charge on any atom is 0.429 e. The summed E-state index contributed by atoms with van der Waals surface area (Å²) in [7, 11) is 0. The van der Waals surface area contributed by atoms with Gasteiger partial charge in [-0.1, -0.05) is 39.5 Å². The Bertz CT molecular complexity index is 1150.